The largest absolute Gasteiger partial charge is 0.459 e. The average Bonchev–Trinajstić information content (AvgIpc) is 3.57. The van der Waals surface area contributed by atoms with Crippen molar-refractivity contribution < 1.29 is 14.0 Å². The van der Waals surface area contributed by atoms with Crippen molar-refractivity contribution in [2.45, 2.75) is 32.0 Å². The van der Waals surface area contributed by atoms with Crippen LogP contribution in [0.15, 0.2) is 90.1 Å². The molecule has 0 fully saturated rings. The zero-order chi connectivity index (χ0) is 22.8. The first-order valence-electron chi connectivity index (χ1n) is 10.9. The Morgan fingerprint density at radius 2 is 1.85 bits per heavy atom. The van der Waals surface area contributed by atoms with Gasteiger partial charge in [-0.2, -0.15) is 0 Å². The number of fused-ring (bicyclic) bond motifs is 1. The highest BCUT2D eigenvalue weighted by atomic mass is 16.3. The highest BCUT2D eigenvalue weighted by Crippen LogP contribution is 2.26. The second-order valence-electron chi connectivity index (χ2n) is 8.19. The summed E-state index contributed by atoms with van der Waals surface area (Å²) in [6, 6.07) is 18.3. The van der Waals surface area contributed by atoms with Crippen molar-refractivity contribution in [3.63, 3.8) is 0 Å². The molecule has 2 aromatic heterocycles. The number of carbonyl (C=O) groups is 2. The molecule has 4 aromatic rings. The standard InChI is InChI=1S/C26H24N4O3/c1-18(19-8-10-22(11-9-19)29-13-12-27-17-29)28-25(31)23-15-20-5-2-3-6-21(20)16-30(23)26(32)24-7-4-14-33-24/h2-14,17-18,23H,15-16H2,1H3,(H,28,31)/t18-,23-/m0/s1. The molecule has 0 radical (unpaired) electrons. The molecule has 0 bridgehead atoms. The monoisotopic (exact) mass is 440 g/mol. The lowest BCUT2D eigenvalue weighted by Gasteiger charge is -2.36. The number of imidazole rings is 1. The van der Waals surface area contributed by atoms with Crippen LogP contribution in [-0.2, 0) is 17.8 Å². The van der Waals surface area contributed by atoms with Crippen molar-refractivity contribution in [2.24, 2.45) is 0 Å². The summed E-state index contributed by atoms with van der Waals surface area (Å²) in [5.74, 6) is -0.238. The number of hydrogen-bond acceptors (Lipinski definition) is 4. The van der Waals surface area contributed by atoms with E-state index in [0.717, 1.165) is 22.4 Å². The Balaban J connectivity index is 1.35. The molecule has 166 valence electrons. The molecule has 33 heavy (non-hydrogen) atoms. The summed E-state index contributed by atoms with van der Waals surface area (Å²) in [5, 5.41) is 3.10. The minimum Gasteiger partial charge on any atom is -0.459 e. The van der Waals surface area contributed by atoms with Gasteiger partial charge in [-0.05, 0) is 47.9 Å². The van der Waals surface area contributed by atoms with Crippen LogP contribution in [0, 0.1) is 0 Å². The predicted molar refractivity (Wildman–Crippen MR) is 123 cm³/mol. The van der Waals surface area contributed by atoms with E-state index >= 15 is 0 Å². The summed E-state index contributed by atoms with van der Waals surface area (Å²) in [7, 11) is 0. The molecule has 0 saturated heterocycles. The van der Waals surface area contributed by atoms with Crippen LogP contribution < -0.4 is 5.32 Å². The summed E-state index contributed by atoms with van der Waals surface area (Å²) in [6.45, 7) is 2.31. The van der Waals surface area contributed by atoms with Crippen LogP contribution in [0.2, 0.25) is 0 Å². The van der Waals surface area contributed by atoms with Crippen molar-refractivity contribution in [2.75, 3.05) is 0 Å². The summed E-state index contributed by atoms with van der Waals surface area (Å²) < 4.78 is 7.25. The van der Waals surface area contributed by atoms with Crippen LogP contribution >= 0.6 is 0 Å². The third-order valence-corrected chi connectivity index (χ3v) is 6.10. The Hall–Kier alpha value is -4.13. The van der Waals surface area contributed by atoms with E-state index in [4.69, 9.17) is 4.42 Å². The van der Waals surface area contributed by atoms with Crippen LogP contribution in [-0.4, -0.2) is 32.3 Å². The molecule has 0 spiro atoms. The van der Waals surface area contributed by atoms with E-state index in [1.54, 1.807) is 29.6 Å². The van der Waals surface area contributed by atoms with Crippen LogP contribution in [0.3, 0.4) is 0 Å². The maximum absolute atomic E-state index is 13.4. The van der Waals surface area contributed by atoms with E-state index in [9.17, 15) is 9.59 Å². The van der Waals surface area contributed by atoms with E-state index in [2.05, 4.69) is 10.3 Å². The van der Waals surface area contributed by atoms with E-state index in [0.29, 0.717) is 13.0 Å². The molecular weight excluding hydrogens is 416 g/mol. The molecule has 2 aromatic carbocycles. The van der Waals surface area contributed by atoms with Gasteiger partial charge in [0, 0.05) is 31.0 Å². The number of amides is 2. The number of furan rings is 1. The van der Waals surface area contributed by atoms with E-state index in [1.165, 1.54) is 6.26 Å². The Bertz CT molecular complexity index is 1250. The summed E-state index contributed by atoms with van der Waals surface area (Å²) >= 11 is 0. The lowest BCUT2D eigenvalue weighted by Crippen LogP contribution is -2.52. The molecule has 0 unspecified atom stereocenters. The zero-order valence-electron chi connectivity index (χ0n) is 18.2. The topological polar surface area (TPSA) is 80.4 Å². The Labute approximate surface area is 191 Å². The fraction of sp³-hybridized carbons (Fsp3) is 0.192. The van der Waals surface area contributed by atoms with E-state index < -0.39 is 6.04 Å². The van der Waals surface area contributed by atoms with Gasteiger partial charge in [-0.3, -0.25) is 9.59 Å². The number of hydrogen-bond donors (Lipinski definition) is 1. The molecule has 0 aliphatic carbocycles. The first-order chi connectivity index (χ1) is 16.1. The van der Waals surface area contributed by atoms with Gasteiger partial charge in [-0.25, -0.2) is 4.98 Å². The normalized spacial score (nSPS) is 16.2. The van der Waals surface area contributed by atoms with Crippen molar-refractivity contribution in [1.29, 1.82) is 0 Å². The summed E-state index contributed by atoms with van der Waals surface area (Å²) in [5.41, 5.74) is 4.10. The minimum atomic E-state index is -0.620. The minimum absolute atomic E-state index is 0.185. The molecule has 5 rings (SSSR count). The molecule has 1 aliphatic rings. The Morgan fingerprint density at radius 1 is 1.06 bits per heavy atom. The number of carbonyl (C=O) groups excluding carboxylic acids is 2. The summed E-state index contributed by atoms with van der Waals surface area (Å²) in [6.07, 6.45) is 7.28. The number of aromatic nitrogens is 2. The highest BCUT2D eigenvalue weighted by molar-refractivity contribution is 5.96. The first kappa shape index (κ1) is 20.8. The third-order valence-electron chi connectivity index (χ3n) is 6.10. The van der Waals surface area contributed by atoms with Crippen molar-refractivity contribution in [3.05, 3.63) is 108 Å². The quantitative estimate of drug-likeness (QED) is 0.510. The van der Waals surface area contributed by atoms with Crippen molar-refractivity contribution >= 4 is 11.8 Å². The number of benzene rings is 2. The molecule has 0 saturated carbocycles. The third kappa shape index (κ3) is 4.17. The molecule has 7 heteroatoms. The van der Waals surface area contributed by atoms with Gasteiger partial charge in [0.05, 0.1) is 18.6 Å². The molecule has 2 amide bonds. The van der Waals surface area contributed by atoms with Gasteiger partial charge in [-0.15, -0.1) is 0 Å². The van der Waals surface area contributed by atoms with E-state index in [-0.39, 0.29) is 23.6 Å². The molecule has 1 aliphatic heterocycles. The maximum Gasteiger partial charge on any atom is 0.290 e. The van der Waals surface area contributed by atoms with Crippen molar-refractivity contribution in [1.82, 2.24) is 19.8 Å². The average molecular weight is 441 g/mol. The van der Waals surface area contributed by atoms with E-state index in [1.807, 2.05) is 66.2 Å². The second-order valence-corrected chi connectivity index (χ2v) is 8.19. The van der Waals surface area contributed by atoms with Crippen LogP contribution in [0.25, 0.3) is 5.69 Å². The molecule has 1 N–H and O–H groups in total. The second kappa shape index (κ2) is 8.78. The van der Waals surface area contributed by atoms with Gasteiger partial charge in [0.15, 0.2) is 5.76 Å². The first-order valence-corrected chi connectivity index (χ1v) is 10.9. The lowest BCUT2D eigenvalue weighted by molar-refractivity contribution is -0.126. The van der Waals surface area contributed by atoms with Gasteiger partial charge >= 0.3 is 0 Å². The van der Waals surface area contributed by atoms with Crippen LogP contribution in [0.4, 0.5) is 0 Å². The number of rotatable bonds is 5. The molecule has 3 heterocycles. The van der Waals surface area contributed by atoms with Gasteiger partial charge in [-0.1, -0.05) is 36.4 Å². The van der Waals surface area contributed by atoms with Gasteiger partial charge in [0.25, 0.3) is 5.91 Å². The fourth-order valence-corrected chi connectivity index (χ4v) is 4.25. The Morgan fingerprint density at radius 3 is 2.55 bits per heavy atom. The maximum atomic E-state index is 13.4. The SMILES string of the molecule is C[C@H](NC(=O)[C@@H]1Cc2ccccc2CN1C(=O)c1ccco1)c1ccc(-n2ccnc2)cc1. The van der Waals surface area contributed by atoms with Gasteiger partial charge < -0.3 is 19.2 Å². The lowest BCUT2D eigenvalue weighted by atomic mass is 9.93. The van der Waals surface area contributed by atoms with Crippen LogP contribution in [0.5, 0.6) is 0 Å². The van der Waals surface area contributed by atoms with Crippen molar-refractivity contribution in [3.8, 4) is 5.69 Å². The molecule has 2 atom stereocenters. The van der Waals surface area contributed by atoms with Crippen LogP contribution in [0.1, 0.15) is 40.2 Å². The zero-order valence-corrected chi connectivity index (χ0v) is 18.2. The fourth-order valence-electron chi connectivity index (χ4n) is 4.25. The number of nitrogens with zero attached hydrogens (tertiary/aromatic N) is 3. The Kier molecular flexibility index (Phi) is 5.52. The molecular formula is C26H24N4O3. The summed E-state index contributed by atoms with van der Waals surface area (Å²) in [4.78, 5) is 32.2. The molecule has 7 nitrogen and oxygen atoms in total. The van der Waals surface area contributed by atoms with Gasteiger partial charge in [0.1, 0.15) is 6.04 Å². The van der Waals surface area contributed by atoms with Gasteiger partial charge in [0.2, 0.25) is 5.91 Å². The smallest absolute Gasteiger partial charge is 0.290 e. The number of nitrogens with one attached hydrogen (secondary N) is 1. The predicted octanol–water partition coefficient (Wildman–Crippen LogP) is 3.91. The highest BCUT2D eigenvalue weighted by Gasteiger charge is 2.36.